The first-order chi connectivity index (χ1) is 13.1. The summed E-state index contributed by atoms with van der Waals surface area (Å²) in [4.78, 5) is 45.5. The van der Waals surface area contributed by atoms with Gasteiger partial charge in [-0.1, -0.05) is 0 Å². The zero-order chi connectivity index (χ0) is 18.8. The molecule has 0 saturated carbocycles. The molecule has 1 fully saturated rings. The van der Waals surface area contributed by atoms with E-state index in [4.69, 9.17) is 4.42 Å². The summed E-state index contributed by atoms with van der Waals surface area (Å²) in [6.07, 6.45) is 4.62. The number of carbonyl (C=O) groups excluding carboxylic acids is 2. The fourth-order valence-electron chi connectivity index (χ4n) is 3.15. The van der Waals surface area contributed by atoms with Crippen LogP contribution in [0.25, 0.3) is 10.2 Å². The van der Waals surface area contributed by atoms with E-state index in [1.165, 1.54) is 34.8 Å². The van der Waals surface area contributed by atoms with Gasteiger partial charge < -0.3 is 14.2 Å². The number of nitrogens with zero attached hydrogens (tertiary/aromatic N) is 4. The summed E-state index contributed by atoms with van der Waals surface area (Å²) in [5, 5.41) is 2.42. The van der Waals surface area contributed by atoms with Crippen LogP contribution in [0, 0.1) is 0 Å². The van der Waals surface area contributed by atoms with Crippen LogP contribution in [0.2, 0.25) is 0 Å². The number of hydrogen-bond donors (Lipinski definition) is 0. The Morgan fingerprint density at radius 2 is 1.93 bits per heavy atom. The fourth-order valence-corrected chi connectivity index (χ4v) is 3.88. The Morgan fingerprint density at radius 1 is 1.15 bits per heavy atom. The molecule has 140 valence electrons. The lowest BCUT2D eigenvalue weighted by atomic mass is 10.2. The topological polar surface area (TPSA) is 88.7 Å². The quantitative estimate of drug-likeness (QED) is 0.677. The molecule has 27 heavy (non-hydrogen) atoms. The van der Waals surface area contributed by atoms with Crippen LogP contribution in [0.5, 0.6) is 0 Å². The highest BCUT2D eigenvalue weighted by molar-refractivity contribution is 7.16. The number of piperazine rings is 1. The van der Waals surface area contributed by atoms with Gasteiger partial charge in [-0.15, -0.1) is 11.3 Å². The molecule has 0 radical (unpaired) electrons. The Hall–Kier alpha value is -2.94. The van der Waals surface area contributed by atoms with Crippen molar-refractivity contribution >= 4 is 33.4 Å². The number of furan rings is 1. The predicted octanol–water partition coefficient (Wildman–Crippen LogP) is 1.43. The number of amides is 2. The highest BCUT2D eigenvalue weighted by Crippen LogP contribution is 2.14. The Balaban J connectivity index is 1.32. The number of aromatic nitrogens is 2. The molecule has 9 heteroatoms. The minimum absolute atomic E-state index is 0.0253. The van der Waals surface area contributed by atoms with Gasteiger partial charge in [0, 0.05) is 39.1 Å². The third-order valence-electron chi connectivity index (χ3n) is 4.70. The van der Waals surface area contributed by atoms with Gasteiger partial charge in [-0.05, 0) is 17.5 Å². The monoisotopic (exact) mass is 386 g/mol. The van der Waals surface area contributed by atoms with Crippen molar-refractivity contribution in [1.82, 2.24) is 19.4 Å². The van der Waals surface area contributed by atoms with Crippen molar-refractivity contribution in [3.8, 4) is 0 Å². The molecule has 0 bridgehead atoms. The van der Waals surface area contributed by atoms with Crippen molar-refractivity contribution in [2.45, 2.75) is 13.0 Å². The number of rotatable bonds is 4. The Bertz CT molecular complexity index is 1020. The number of carbonyl (C=O) groups is 2. The first-order valence-corrected chi connectivity index (χ1v) is 9.53. The van der Waals surface area contributed by atoms with E-state index >= 15 is 0 Å². The predicted molar refractivity (Wildman–Crippen MR) is 99.7 cm³/mol. The van der Waals surface area contributed by atoms with Crippen molar-refractivity contribution in [2.75, 3.05) is 26.2 Å². The summed E-state index contributed by atoms with van der Waals surface area (Å²) in [5.41, 5.74) is 0.398. The third-order valence-corrected chi connectivity index (χ3v) is 5.53. The molecule has 1 aliphatic rings. The Morgan fingerprint density at radius 3 is 2.67 bits per heavy atom. The van der Waals surface area contributed by atoms with Gasteiger partial charge in [0.05, 0.1) is 23.5 Å². The summed E-state index contributed by atoms with van der Waals surface area (Å²) in [5.74, 6) is -0.111. The van der Waals surface area contributed by atoms with E-state index < -0.39 is 0 Å². The highest BCUT2D eigenvalue weighted by Gasteiger charge is 2.25. The lowest BCUT2D eigenvalue weighted by Gasteiger charge is -2.34. The fraction of sp³-hybridized carbons (Fsp3) is 0.333. The molecule has 1 aliphatic heterocycles. The van der Waals surface area contributed by atoms with Crippen molar-refractivity contribution in [3.05, 3.63) is 52.3 Å². The van der Waals surface area contributed by atoms with Gasteiger partial charge >= 0.3 is 0 Å². The van der Waals surface area contributed by atoms with E-state index in [9.17, 15) is 14.4 Å². The largest absolute Gasteiger partial charge is 0.472 e. The Kier molecular flexibility index (Phi) is 4.76. The van der Waals surface area contributed by atoms with Gasteiger partial charge in [0.1, 0.15) is 11.1 Å². The van der Waals surface area contributed by atoms with Crippen LogP contribution in [-0.4, -0.2) is 57.3 Å². The molecule has 0 aliphatic carbocycles. The Labute approximate surface area is 158 Å². The third kappa shape index (κ3) is 3.50. The summed E-state index contributed by atoms with van der Waals surface area (Å²) < 4.78 is 6.42. The number of thiophene rings is 1. The standard InChI is InChI=1S/C18H18N4O4S/c23-15(1-4-22-12-19-16-14(18(22)25)3-10-27-16)20-5-7-21(8-6-20)17(24)13-2-9-26-11-13/h2-3,9-12H,1,4-8H2. The molecule has 0 spiro atoms. The van der Waals surface area contributed by atoms with E-state index in [1.54, 1.807) is 21.9 Å². The second kappa shape index (κ2) is 7.36. The molecule has 3 aromatic heterocycles. The van der Waals surface area contributed by atoms with Crippen LogP contribution in [0.3, 0.4) is 0 Å². The second-order valence-electron chi connectivity index (χ2n) is 6.32. The van der Waals surface area contributed by atoms with Crippen molar-refractivity contribution in [1.29, 1.82) is 0 Å². The smallest absolute Gasteiger partial charge is 0.262 e. The molecule has 0 aromatic carbocycles. The second-order valence-corrected chi connectivity index (χ2v) is 7.21. The molecule has 2 amide bonds. The highest BCUT2D eigenvalue weighted by atomic mass is 32.1. The lowest BCUT2D eigenvalue weighted by molar-refractivity contribution is -0.132. The van der Waals surface area contributed by atoms with Crippen LogP contribution < -0.4 is 5.56 Å². The SMILES string of the molecule is O=C(CCn1cnc2sccc2c1=O)N1CCN(C(=O)c2ccoc2)CC1. The van der Waals surface area contributed by atoms with Gasteiger partial charge in [-0.3, -0.25) is 19.0 Å². The summed E-state index contributed by atoms with van der Waals surface area (Å²) in [7, 11) is 0. The van der Waals surface area contributed by atoms with Crippen LogP contribution in [0.4, 0.5) is 0 Å². The van der Waals surface area contributed by atoms with Crippen LogP contribution >= 0.6 is 11.3 Å². The summed E-state index contributed by atoms with van der Waals surface area (Å²) in [6.45, 7) is 2.24. The average Bonchev–Trinajstić information content (AvgIpc) is 3.39. The molecule has 8 nitrogen and oxygen atoms in total. The van der Waals surface area contributed by atoms with Gasteiger partial charge in [-0.2, -0.15) is 0 Å². The number of fused-ring (bicyclic) bond motifs is 1. The lowest BCUT2D eigenvalue weighted by Crippen LogP contribution is -2.50. The minimum atomic E-state index is -0.121. The molecular formula is C18H18N4O4S. The number of aryl methyl sites for hydroxylation is 1. The van der Waals surface area contributed by atoms with Gasteiger partial charge in [0.15, 0.2) is 0 Å². The van der Waals surface area contributed by atoms with Gasteiger partial charge in [0.25, 0.3) is 11.5 Å². The van der Waals surface area contributed by atoms with Crippen molar-refractivity contribution in [2.24, 2.45) is 0 Å². The normalized spacial score (nSPS) is 14.7. The maximum absolute atomic E-state index is 12.5. The zero-order valence-electron chi connectivity index (χ0n) is 14.5. The number of hydrogen-bond acceptors (Lipinski definition) is 6. The van der Waals surface area contributed by atoms with E-state index in [2.05, 4.69) is 4.98 Å². The average molecular weight is 386 g/mol. The summed E-state index contributed by atoms with van der Waals surface area (Å²) >= 11 is 1.42. The molecule has 3 aromatic rings. The maximum Gasteiger partial charge on any atom is 0.262 e. The minimum Gasteiger partial charge on any atom is -0.472 e. The molecule has 0 atom stereocenters. The van der Waals surface area contributed by atoms with Crippen molar-refractivity contribution in [3.63, 3.8) is 0 Å². The molecule has 4 heterocycles. The zero-order valence-corrected chi connectivity index (χ0v) is 15.4. The summed E-state index contributed by atoms with van der Waals surface area (Å²) in [6, 6.07) is 3.39. The van der Waals surface area contributed by atoms with Crippen molar-refractivity contribution < 1.29 is 14.0 Å². The van der Waals surface area contributed by atoms with E-state index in [1.807, 2.05) is 5.38 Å². The molecular weight excluding hydrogens is 368 g/mol. The molecule has 0 unspecified atom stereocenters. The van der Waals surface area contributed by atoms with Crippen LogP contribution in [0.15, 0.2) is 45.6 Å². The van der Waals surface area contributed by atoms with Gasteiger partial charge in [-0.25, -0.2) is 4.98 Å². The first-order valence-electron chi connectivity index (χ1n) is 8.65. The van der Waals surface area contributed by atoms with E-state index in [0.717, 1.165) is 0 Å². The first kappa shape index (κ1) is 17.5. The van der Waals surface area contributed by atoms with E-state index in [0.29, 0.717) is 48.5 Å². The molecule has 0 N–H and O–H groups in total. The molecule has 1 saturated heterocycles. The molecule has 4 rings (SSSR count). The van der Waals surface area contributed by atoms with Gasteiger partial charge in [0.2, 0.25) is 5.91 Å². The van der Waals surface area contributed by atoms with E-state index in [-0.39, 0.29) is 23.8 Å². The van der Waals surface area contributed by atoms with Crippen LogP contribution in [0.1, 0.15) is 16.8 Å². The van der Waals surface area contributed by atoms with Crippen LogP contribution in [-0.2, 0) is 11.3 Å². The maximum atomic E-state index is 12.5.